The van der Waals surface area contributed by atoms with Crippen molar-refractivity contribution >= 4 is 36.0 Å². The van der Waals surface area contributed by atoms with Gasteiger partial charge in [0.25, 0.3) is 5.91 Å². The van der Waals surface area contributed by atoms with Gasteiger partial charge < -0.3 is 16.0 Å². The number of benzene rings is 3. The Kier molecular flexibility index (Phi) is 9.56. The predicted octanol–water partition coefficient (Wildman–Crippen LogP) is 4.99. The first-order valence-electron chi connectivity index (χ1n) is 13.4. The molecule has 0 aliphatic carbocycles. The first-order valence-corrected chi connectivity index (χ1v) is 13.7. The summed E-state index contributed by atoms with van der Waals surface area (Å²) in [5.41, 5.74) is 12.5. The molecule has 0 unspecified atom stereocenters. The Labute approximate surface area is 240 Å². The van der Waals surface area contributed by atoms with Crippen LogP contribution >= 0.6 is 11.6 Å². The van der Waals surface area contributed by atoms with Crippen molar-refractivity contribution in [1.29, 1.82) is 0 Å². The predicted molar refractivity (Wildman–Crippen MR) is 161 cm³/mol. The van der Waals surface area contributed by atoms with Crippen LogP contribution in [0.4, 0.5) is 0 Å². The molecule has 3 aromatic carbocycles. The molecular formula is C31H35ClN6O2. The lowest BCUT2D eigenvalue weighted by Gasteiger charge is -2.35. The maximum absolute atomic E-state index is 13.5. The van der Waals surface area contributed by atoms with Crippen LogP contribution in [-0.2, 0) is 4.79 Å². The van der Waals surface area contributed by atoms with Crippen molar-refractivity contribution in [3.63, 3.8) is 0 Å². The third-order valence-electron chi connectivity index (χ3n) is 7.25. The summed E-state index contributed by atoms with van der Waals surface area (Å²) in [6, 6.07) is 22.0. The highest BCUT2D eigenvalue weighted by Crippen LogP contribution is 2.30. The zero-order valence-corrected chi connectivity index (χ0v) is 23.6. The number of nitrogens with zero attached hydrogens (tertiary/aromatic N) is 3. The zero-order valence-electron chi connectivity index (χ0n) is 22.8. The molecule has 1 atom stereocenters. The summed E-state index contributed by atoms with van der Waals surface area (Å²) in [5, 5.41) is 11.2. The monoisotopic (exact) mass is 558 g/mol. The minimum atomic E-state index is -0.629. The highest BCUT2D eigenvalue weighted by Gasteiger charge is 2.32. The van der Waals surface area contributed by atoms with Gasteiger partial charge in [-0.3, -0.25) is 9.59 Å². The lowest BCUT2D eigenvalue weighted by Crippen LogP contribution is -2.52. The third kappa shape index (κ3) is 6.87. The molecule has 1 heterocycles. The molecule has 1 aliphatic rings. The Hall–Kier alpha value is -4.17. The minimum Gasteiger partial charge on any atom is -0.382 e. The van der Waals surface area contributed by atoms with Gasteiger partial charge in [0.1, 0.15) is 6.04 Å². The molecule has 0 aromatic heterocycles. The largest absolute Gasteiger partial charge is 0.382 e. The second-order valence-electron chi connectivity index (χ2n) is 10.2. The molecule has 4 rings (SSSR count). The molecule has 0 saturated carbocycles. The number of carbonyl (C=O) groups is 2. The van der Waals surface area contributed by atoms with Gasteiger partial charge in [-0.15, -0.1) is 5.10 Å². The van der Waals surface area contributed by atoms with Crippen LogP contribution in [0.1, 0.15) is 54.1 Å². The van der Waals surface area contributed by atoms with Gasteiger partial charge in [0, 0.05) is 36.0 Å². The fourth-order valence-corrected chi connectivity index (χ4v) is 5.16. The topological polar surface area (TPSA) is 112 Å². The highest BCUT2D eigenvalue weighted by atomic mass is 35.5. The molecule has 40 heavy (non-hydrogen) atoms. The van der Waals surface area contributed by atoms with Gasteiger partial charge in [-0.1, -0.05) is 74.0 Å². The van der Waals surface area contributed by atoms with E-state index in [0.29, 0.717) is 30.1 Å². The number of carbonyl (C=O) groups excluding carboxylic acids is 2. The van der Waals surface area contributed by atoms with E-state index in [1.54, 1.807) is 12.1 Å². The van der Waals surface area contributed by atoms with Crippen molar-refractivity contribution in [2.24, 2.45) is 21.9 Å². The van der Waals surface area contributed by atoms with E-state index in [-0.39, 0.29) is 23.6 Å². The molecule has 8 nitrogen and oxygen atoms in total. The van der Waals surface area contributed by atoms with E-state index in [9.17, 15) is 9.59 Å². The van der Waals surface area contributed by atoms with Crippen molar-refractivity contribution in [2.75, 3.05) is 13.1 Å². The van der Waals surface area contributed by atoms with E-state index in [2.05, 4.69) is 39.9 Å². The third-order valence-corrected chi connectivity index (χ3v) is 7.50. The van der Waals surface area contributed by atoms with Crippen molar-refractivity contribution < 1.29 is 9.59 Å². The highest BCUT2D eigenvalue weighted by molar-refractivity contribution is 6.30. The molecule has 208 valence electrons. The standard InChI is InChI=1S/C31H35ClN6O2/c1-20(2)28(31(40)38-17-15-22(16-18-38)21-11-13-25(32)14-12-21)35-30(39)24-8-6-7-23(19-24)26-9-4-5-10-27(26)29(33)36-37-34-3/h4-14,19-20,22,28,37H,3,15-18H2,1-2H3,(H2,33,36)(H,35,39)/t28-/m1/s1. The van der Waals surface area contributed by atoms with E-state index in [1.807, 2.05) is 67.3 Å². The number of hydrazone groups is 2. The molecule has 3 aromatic rings. The Morgan fingerprint density at radius 3 is 2.40 bits per heavy atom. The Morgan fingerprint density at radius 2 is 1.73 bits per heavy atom. The first-order chi connectivity index (χ1) is 19.3. The number of piperidine rings is 1. The van der Waals surface area contributed by atoms with Crippen molar-refractivity contribution in [3.8, 4) is 11.1 Å². The summed E-state index contributed by atoms with van der Waals surface area (Å²) in [4.78, 5) is 28.8. The van der Waals surface area contributed by atoms with Crippen molar-refractivity contribution in [3.05, 3.63) is 94.5 Å². The quantitative estimate of drug-likeness (QED) is 0.195. The van der Waals surface area contributed by atoms with Crippen molar-refractivity contribution in [1.82, 2.24) is 15.8 Å². The molecule has 0 radical (unpaired) electrons. The van der Waals surface area contributed by atoms with Crippen LogP contribution in [0.15, 0.2) is 83.0 Å². The second kappa shape index (κ2) is 13.3. The van der Waals surface area contributed by atoms with E-state index >= 15 is 0 Å². The van der Waals surface area contributed by atoms with Crippen molar-refractivity contribution in [2.45, 2.75) is 38.6 Å². The van der Waals surface area contributed by atoms with Gasteiger partial charge in [-0.25, -0.2) is 0 Å². The summed E-state index contributed by atoms with van der Waals surface area (Å²) in [7, 11) is 0. The SMILES string of the molecule is C=NN/N=C(\N)c1ccccc1-c1cccc(C(=O)N[C@@H](C(=O)N2CCC(c3ccc(Cl)cc3)CC2)C(C)C)c1. The molecule has 9 heteroatoms. The van der Waals surface area contributed by atoms with Crippen LogP contribution in [0, 0.1) is 5.92 Å². The average Bonchev–Trinajstić information content (AvgIpc) is 2.98. The van der Waals surface area contributed by atoms with Crippen LogP contribution in [0.5, 0.6) is 0 Å². The Balaban J connectivity index is 1.46. The first kappa shape index (κ1) is 28.8. The molecule has 2 amide bonds. The fourth-order valence-electron chi connectivity index (χ4n) is 5.04. The summed E-state index contributed by atoms with van der Waals surface area (Å²) in [6.45, 7) is 8.53. The van der Waals surface area contributed by atoms with Crippen LogP contribution < -0.4 is 16.6 Å². The summed E-state index contributed by atoms with van der Waals surface area (Å²) in [6.07, 6.45) is 1.75. The number of amides is 2. The van der Waals surface area contributed by atoms with Crippen LogP contribution in [0.25, 0.3) is 11.1 Å². The average molecular weight is 559 g/mol. The van der Waals surface area contributed by atoms with E-state index < -0.39 is 6.04 Å². The number of amidine groups is 1. The van der Waals surface area contributed by atoms with E-state index in [0.717, 1.165) is 29.0 Å². The van der Waals surface area contributed by atoms with Crippen LogP contribution in [0.3, 0.4) is 0 Å². The summed E-state index contributed by atoms with van der Waals surface area (Å²) < 4.78 is 0. The van der Waals surface area contributed by atoms with Gasteiger partial charge in [0.05, 0.1) is 0 Å². The number of nitrogens with two attached hydrogens (primary N) is 1. The van der Waals surface area contributed by atoms with Gasteiger partial charge in [-0.2, -0.15) is 10.6 Å². The number of likely N-dealkylation sites (tertiary alicyclic amines) is 1. The van der Waals surface area contributed by atoms with E-state index in [4.69, 9.17) is 17.3 Å². The summed E-state index contributed by atoms with van der Waals surface area (Å²) in [5.74, 6) is 0.203. The van der Waals surface area contributed by atoms with E-state index in [1.165, 1.54) is 5.56 Å². The smallest absolute Gasteiger partial charge is 0.251 e. The number of nitrogens with one attached hydrogen (secondary N) is 2. The van der Waals surface area contributed by atoms with Crippen LogP contribution in [0.2, 0.25) is 5.02 Å². The lowest BCUT2D eigenvalue weighted by atomic mass is 9.89. The number of hydrogen-bond donors (Lipinski definition) is 3. The molecule has 0 spiro atoms. The van der Waals surface area contributed by atoms with Gasteiger partial charge >= 0.3 is 0 Å². The number of halogens is 1. The maximum atomic E-state index is 13.5. The zero-order chi connectivity index (χ0) is 28.6. The fraction of sp³-hybridized carbons (Fsp3) is 0.290. The normalized spacial score (nSPS) is 15.0. The molecule has 1 fully saturated rings. The second-order valence-corrected chi connectivity index (χ2v) is 10.7. The molecular weight excluding hydrogens is 524 g/mol. The maximum Gasteiger partial charge on any atom is 0.251 e. The summed E-state index contributed by atoms with van der Waals surface area (Å²) >= 11 is 6.04. The lowest BCUT2D eigenvalue weighted by molar-refractivity contribution is -0.135. The number of rotatable bonds is 9. The molecule has 0 bridgehead atoms. The Morgan fingerprint density at radius 1 is 1.02 bits per heavy atom. The number of hydrogen-bond acceptors (Lipinski definition) is 5. The van der Waals surface area contributed by atoms with Gasteiger partial charge in [0.2, 0.25) is 5.91 Å². The van der Waals surface area contributed by atoms with Gasteiger partial charge in [0.15, 0.2) is 5.84 Å². The van der Waals surface area contributed by atoms with Gasteiger partial charge in [-0.05, 0) is 65.6 Å². The Bertz CT molecular complexity index is 1380. The molecule has 1 aliphatic heterocycles. The van der Waals surface area contributed by atoms with Crippen LogP contribution in [-0.4, -0.2) is 48.4 Å². The minimum absolute atomic E-state index is 0.0493. The molecule has 1 saturated heterocycles. The molecule has 4 N–H and O–H groups in total.